The molecule has 2 heterocycles. The van der Waals surface area contributed by atoms with E-state index in [2.05, 4.69) is 10.1 Å². The van der Waals surface area contributed by atoms with Gasteiger partial charge in [-0.05, 0) is 44.0 Å². The Kier molecular flexibility index (Phi) is 4.61. The van der Waals surface area contributed by atoms with E-state index in [1.165, 1.54) is 38.4 Å². The maximum atomic E-state index is 12.8. The molecule has 0 bridgehead atoms. The van der Waals surface area contributed by atoms with Crippen molar-refractivity contribution in [3.05, 3.63) is 41.5 Å². The van der Waals surface area contributed by atoms with Gasteiger partial charge in [-0.3, -0.25) is 4.79 Å². The van der Waals surface area contributed by atoms with Crippen molar-refractivity contribution in [2.45, 2.75) is 30.7 Å². The molecular weight excluding hydrogens is 344 g/mol. The van der Waals surface area contributed by atoms with Gasteiger partial charge in [0.2, 0.25) is 15.9 Å². The molecule has 2 aromatic rings. The minimum atomic E-state index is -3.51. The largest absolute Gasteiger partial charge is 0.337 e. The summed E-state index contributed by atoms with van der Waals surface area (Å²) in [5.41, 5.74) is 0.431. The lowest BCUT2D eigenvalue weighted by Gasteiger charge is -2.22. The van der Waals surface area contributed by atoms with Crippen molar-refractivity contribution in [3.63, 3.8) is 0 Å². The standard InChI is InChI=1S/C16H20N4O4S/c1-11-17-15(24-18-11)14-5-4-10-20(14)16(21)12-6-8-13(9-7-12)25(22,23)19(2)3/h6-9,14H,4-5,10H2,1-3H3. The highest BCUT2D eigenvalue weighted by Crippen LogP contribution is 2.32. The number of carbonyl (C=O) groups is 1. The maximum absolute atomic E-state index is 12.8. The SMILES string of the molecule is Cc1noc(C2CCCN2C(=O)c2ccc(S(=O)(=O)N(C)C)cc2)n1. The van der Waals surface area contributed by atoms with Crippen LogP contribution in [0.15, 0.2) is 33.7 Å². The fourth-order valence-electron chi connectivity index (χ4n) is 2.86. The van der Waals surface area contributed by atoms with Crippen LogP contribution < -0.4 is 0 Å². The Balaban J connectivity index is 1.83. The van der Waals surface area contributed by atoms with E-state index in [-0.39, 0.29) is 16.8 Å². The summed E-state index contributed by atoms with van der Waals surface area (Å²) >= 11 is 0. The van der Waals surface area contributed by atoms with Crippen LogP contribution in [0, 0.1) is 6.92 Å². The van der Waals surface area contributed by atoms with Crippen molar-refractivity contribution in [2.75, 3.05) is 20.6 Å². The van der Waals surface area contributed by atoms with Crippen LogP contribution in [0.4, 0.5) is 0 Å². The Morgan fingerprint density at radius 3 is 2.52 bits per heavy atom. The monoisotopic (exact) mass is 364 g/mol. The number of nitrogens with zero attached hydrogens (tertiary/aromatic N) is 4. The van der Waals surface area contributed by atoms with Crippen LogP contribution in [0.2, 0.25) is 0 Å². The minimum Gasteiger partial charge on any atom is -0.337 e. The normalized spacial score (nSPS) is 18.1. The summed E-state index contributed by atoms with van der Waals surface area (Å²) in [7, 11) is -0.578. The first-order chi connectivity index (χ1) is 11.8. The lowest BCUT2D eigenvalue weighted by molar-refractivity contribution is 0.0710. The number of benzene rings is 1. The van der Waals surface area contributed by atoms with E-state index in [1.807, 2.05) is 0 Å². The van der Waals surface area contributed by atoms with Crippen molar-refractivity contribution in [1.82, 2.24) is 19.3 Å². The molecule has 1 aromatic carbocycles. The second kappa shape index (κ2) is 6.57. The zero-order valence-electron chi connectivity index (χ0n) is 14.3. The number of hydrogen-bond donors (Lipinski definition) is 0. The van der Waals surface area contributed by atoms with Gasteiger partial charge >= 0.3 is 0 Å². The van der Waals surface area contributed by atoms with Gasteiger partial charge < -0.3 is 9.42 Å². The molecule has 0 aliphatic carbocycles. The molecule has 1 unspecified atom stereocenters. The summed E-state index contributed by atoms with van der Waals surface area (Å²) in [5, 5.41) is 3.79. The predicted octanol–water partition coefficient (Wildman–Crippen LogP) is 1.61. The molecular formula is C16H20N4O4S. The first-order valence-electron chi connectivity index (χ1n) is 7.94. The van der Waals surface area contributed by atoms with Crippen LogP contribution in [-0.2, 0) is 10.0 Å². The third-order valence-corrected chi connectivity index (χ3v) is 6.05. The van der Waals surface area contributed by atoms with Gasteiger partial charge in [-0.2, -0.15) is 4.98 Å². The molecule has 1 saturated heterocycles. The molecule has 1 fully saturated rings. The Morgan fingerprint density at radius 2 is 1.96 bits per heavy atom. The van der Waals surface area contributed by atoms with Crippen LogP contribution in [0.3, 0.4) is 0 Å². The number of rotatable bonds is 4. The molecule has 0 radical (unpaired) electrons. The molecule has 0 spiro atoms. The molecule has 0 N–H and O–H groups in total. The average Bonchev–Trinajstić information content (AvgIpc) is 3.22. The molecule has 1 amide bonds. The van der Waals surface area contributed by atoms with E-state index in [9.17, 15) is 13.2 Å². The first kappa shape index (κ1) is 17.6. The topological polar surface area (TPSA) is 96.6 Å². The van der Waals surface area contributed by atoms with Gasteiger partial charge in [0.1, 0.15) is 6.04 Å². The molecule has 3 rings (SSSR count). The number of amides is 1. The van der Waals surface area contributed by atoms with Gasteiger partial charge in [0.25, 0.3) is 5.91 Å². The van der Waals surface area contributed by atoms with Crippen LogP contribution in [0.5, 0.6) is 0 Å². The highest BCUT2D eigenvalue weighted by atomic mass is 32.2. The second-order valence-electron chi connectivity index (χ2n) is 6.15. The Labute approximate surface area is 146 Å². The number of likely N-dealkylation sites (tertiary alicyclic amines) is 1. The van der Waals surface area contributed by atoms with Crippen LogP contribution in [0.25, 0.3) is 0 Å². The van der Waals surface area contributed by atoms with Crippen LogP contribution >= 0.6 is 0 Å². The zero-order chi connectivity index (χ0) is 18.2. The molecule has 1 aliphatic heterocycles. The number of hydrogen-bond acceptors (Lipinski definition) is 6. The minimum absolute atomic E-state index is 0.152. The summed E-state index contributed by atoms with van der Waals surface area (Å²) in [5.74, 6) is 0.801. The molecule has 134 valence electrons. The molecule has 0 saturated carbocycles. The summed E-state index contributed by atoms with van der Waals surface area (Å²) in [6.07, 6.45) is 1.62. The summed E-state index contributed by atoms with van der Waals surface area (Å²) < 4.78 is 30.6. The van der Waals surface area contributed by atoms with Crippen LogP contribution in [0.1, 0.15) is 41.0 Å². The van der Waals surface area contributed by atoms with Gasteiger partial charge in [-0.1, -0.05) is 5.16 Å². The lowest BCUT2D eigenvalue weighted by Crippen LogP contribution is -2.30. The first-order valence-corrected chi connectivity index (χ1v) is 9.38. The van der Waals surface area contributed by atoms with Gasteiger partial charge in [0, 0.05) is 26.2 Å². The molecule has 1 atom stereocenters. The Hall–Kier alpha value is -2.26. The average molecular weight is 364 g/mol. The summed E-state index contributed by atoms with van der Waals surface area (Å²) in [6, 6.07) is 5.73. The molecule has 9 heteroatoms. The van der Waals surface area contributed by atoms with E-state index in [0.717, 1.165) is 17.1 Å². The second-order valence-corrected chi connectivity index (χ2v) is 8.30. The summed E-state index contributed by atoms with van der Waals surface area (Å²) in [6.45, 7) is 2.33. The quantitative estimate of drug-likeness (QED) is 0.818. The highest BCUT2D eigenvalue weighted by molar-refractivity contribution is 7.89. The van der Waals surface area contributed by atoms with Crippen LogP contribution in [-0.4, -0.2) is 54.3 Å². The lowest BCUT2D eigenvalue weighted by atomic mass is 10.1. The number of carbonyl (C=O) groups excluding carboxylic acids is 1. The highest BCUT2D eigenvalue weighted by Gasteiger charge is 2.34. The maximum Gasteiger partial charge on any atom is 0.254 e. The van der Waals surface area contributed by atoms with E-state index in [1.54, 1.807) is 11.8 Å². The number of aryl methyl sites for hydroxylation is 1. The van der Waals surface area contributed by atoms with Gasteiger partial charge in [0.05, 0.1) is 4.90 Å². The summed E-state index contributed by atoms with van der Waals surface area (Å²) in [4.78, 5) is 18.9. The van der Waals surface area contributed by atoms with Crippen molar-refractivity contribution in [2.24, 2.45) is 0 Å². The van der Waals surface area contributed by atoms with Crippen molar-refractivity contribution in [1.29, 1.82) is 0 Å². The van der Waals surface area contributed by atoms with Crippen molar-refractivity contribution < 1.29 is 17.7 Å². The molecule has 8 nitrogen and oxygen atoms in total. The fraction of sp³-hybridized carbons (Fsp3) is 0.438. The van der Waals surface area contributed by atoms with Crippen molar-refractivity contribution >= 4 is 15.9 Å². The smallest absolute Gasteiger partial charge is 0.254 e. The van der Waals surface area contributed by atoms with Crippen molar-refractivity contribution in [3.8, 4) is 0 Å². The number of sulfonamides is 1. The predicted molar refractivity (Wildman–Crippen MR) is 89.4 cm³/mol. The third-order valence-electron chi connectivity index (χ3n) is 4.22. The molecule has 25 heavy (non-hydrogen) atoms. The Morgan fingerprint density at radius 1 is 1.28 bits per heavy atom. The zero-order valence-corrected chi connectivity index (χ0v) is 15.2. The van der Waals surface area contributed by atoms with E-state index in [4.69, 9.17) is 4.52 Å². The molecule has 1 aliphatic rings. The fourth-order valence-corrected chi connectivity index (χ4v) is 3.76. The van der Waals surface area contributed by atoms with E-state index in [0.29, 0.717) is 23.8 Å². The van der Waals surface area contributed by atoms with Gasteiger partial charge in [0.15, 0.2) is 5.82 Å². The van der Waals surface area contributed by atoms with Gasteiger partial charge in [-0.25, -0.2) is 12.7 Å². The Bertz CT molecular complexity index is 874. The van der Waals surface area contributed by atoms with Gasteiger partial charge in [-0.15, -0.1) is 0 Å². The van der Waals surface area contributed by atoms with E-state index >= 15 is 0 Å². The van der Waals surface area contributed by atoms with E-state index < -0.39 is 10.0 Å². The third kappa shape index (κ3) is 3.29. The number of aromatic nitrogens is 2. The molecule has 1 aromatic heterocycles.